The average Bonchev–Trinajstić information content (AvgIpc) is 2.75. The van der Waals surface area contributed by atoms with E-state index >= 15 is 0 Å². The number of hydrogen-bond acceptors (Lipinski definition) is 2. The molecule has 1 aliphatic rings. The molecule has 1 fully saturated rings. The van der Waals surface area contributed by atoms with Crippen LogP contribution in [0.3, 0.4) is 0 Å². The molecule has 1 unspecified atom stereocenters. The summed E-state index contributed by atoms with van der Waals surface area (Å²) in [6, 6.07) is 3.10. The second kappa shape index (κ2) is 5.34. The number of aromatic nitrogens is 2. The Morgan fingerprint density at radius 3 is 2.08 bits per heavy atom. The van der Waals surface area contributed by atoms with Crippen LogP contribution < -0.4 is 5.73 Å². The van der Waals surface area contributed by atoms with E-state index < -0.39 is 21.5 Å². The molecule has 0 radical (unpaired) electrons. The van der Waals surface area contributed by atoms with E-state index in [-0.39, 0.29) is 21.6 Å². The molecule has 1 aromatic carbocycles. The fourth-order valence-corrected chi connectivity index (χ4v) is 3.83. The van der Waals surface area contributed by atoms with Gasteiger partial charge < -0.3 is 5.73 Å². The van der Waals surface area contributed by atoms with Gasteiger partial charge in [-0.05, 0) is 18.6 Å². The standard InChI is InChI=1S/C14H10Cl4F3N3/c1-12(5-13(12,17)18)9-4-10(22)24(23-9)11-7(15)2-6(3-8(11)16)14(19,20)21/h2-4H,5,22H2,1H3. The first kappa shape index (κ1) is 18.0. The first-order valence-corrected chi connectivity index (χ1v) is 8.18. The first-order valence-electron chi connectivity index (χ1n) is 6.67. The topological polar surface area (TPSA) is 43.8 Å². The Kier molecular flexibility index (Phi) is 4.00. The van der Waals surface area contributed by atoms with Gasteiger partial charge in [0, 0.05) is 11.5 Å². The largest absolute Gasteiger partial charge is 0.416 e. The van der Waals surface area contributed by atoms with E-state index in [9.17, 15) is 13.2 Å². The van der Waals surface area contributed by atoms with Crippen LogP contribution in [0.5, 0.6) is 0 Å². The molecule has 2 aromatic rings. The number of halogens is 7. The van der Waals surface area contributed by atoms with Crippen LogP contribution in [0.2, 0.25) is 10.0 Å². The molecule has 3 rings (SSSR count). The van der Waals surface area contributed by atoms with Crippen molar-refractivity contribution >= 4 is 52.2 Å². The van der Waals surface area contributed by atoms with Crippen molar-refractivity contribution < 1.29 is 13.2 Å². The van der Waals surface area contributed by atoms with Crippen LogP contribution >= 0.6 is 46.4 Å². The minimum Gasteiger partial charge on any atom is -0.384 e. The lowest BCUT2D eigenvalue weighted by molar-refractivity contribution is -0.137. The van der Waals surface area contributed by atoms with Crippen molar-refractivity contribution in [2.45, 2.75) is 29.3 Å². The highest BCUT2D eigenvalue weighted by atomic mass is 35.5. The minimum absolute atomic E-state index is 0.0640. The van der Waals surface area contributed by atoms with Crippen molar-refractivity contribution in [3.8, 4) is 5.69 Å². The van der Waals surface area contributed by atoms with Gasteiger partial charge in [-0.15, -0.1) is 23.2 Å². The molecule has 0 amide bonds. The van der Waals surface area contributed by atoms with Crippen LogP contribution in [-0.2, 0) is 11.6 Å². The summed E-state index contributed by atoms with van der Waals surface area (Å²) in [5.74, 6) is 0.158. The maximum Gasteiger partial charge on any atom is 0.416 e. The zero-order valence-corrected chi connectivity index (χ0v) is 15.1. The van der Waals surface area contributed by atoms with Gasteiger partial charge in [-0.3, -0.25) is 0 Å². The van der Waals surface area contributed by atoms with Crippen molar-refractivity contribution in [3.63, 3.8) is 0 Å². The molecule has 0 bridgehead atoms. The maximum atomic E-state index is 12.8. The quantitative estimate of drug-likeness (QED) is 0.643. The van der Waals surface area contributed by atoms with Crippen molar-refractivity contribution in [2.24, 2.45) is 0 Å². The first-order chi connectivity index (χ1) is 10.9. The molecule has 130 valence electrons. The molecule has 0 aliphatic heterocycles. The molecule has 1 aromatic heterocycles. The van der Waals surface area contributed by atoms with Crippen molar-refractivity contribution in [2.75, 3.05) is 5.73 Å². The number of nitrogens with zero attached hydrogens (tertiary/aromatic N) is 2. The van der Waals surface area contributed by atoms with Gasteiger partial charge in [0.15, 0.2) is 0 Å². The summed E-state index contributed by atoms with van der Waals surface area (Å²) < 4.78 is 38.7. The smallest absolute Gasteiger partial charge is 0.384 e. The number of anilines is 1. The predicted molar refractivity (Wildman–Crippen MR) is 89.4 cm³/mol. The van der Waals surface area contributed by atoms with E-state index in [1.807, 2.05) is 6.92 Å². The lowest BCUT2D eigenvalue weighted by Gasteiger charge is -2.13. The second-order valence-electron chi connectivity index (χ2n) is 5.87. The number of alkyl halides is 5. The number of hydrogen-bond donors (Lipinski definition) is 1. The lowest BCUT2D eigenvalue weighted by atomic mass is 10.1. The number of nitrogens with two attached hydrogens (primary N) is 1. The van der Waals surface area contributed by atoms with E-state index in [2.05, 4.69) is 5.10 Å². The van der Waals surface area contributed by atoms with Gasteiger partial charge in [0.05, 0.1) is 21.3 Å². The summed E-state index contributed by atoms with van der Waals surface area (Å²) >= 11 is 24.2. The number of benzene rings is 1. The molecule has 2 N–H and O–H groups in total. The van der Waals surface area contributed by atoms with E-state index in [0.29, 0.717) is 12.1 Å². The monoisotopic (exact) mass is 417 g/mol. The van der Waals surface area contributed by atoms with E-state index in [4.69, 9.17) is 52.1 Å². The summed E-state index contributed by atoms with van der Waals surface area (Å²) in [7, 11) is 0. The molecule has 3 nitrogen and oxygen atoms in total. The Morgan fingerprint density at radius 1 is 1.17 bits per heavy atom. The SMILES string of the molecule is CC1(c2cc(N)n(-c3c(Cl)cc(C(F)(F)F)cc3Cl)n2)CC1(Cl)Cl. The van der Waals surface area contributed by atoms with E-state index in [1.165, 1.54) is 4.68 Å². The number of nitrogen functional groups attached to an aromatic ring is 1. The Morgan fingerprint density at radius 2 is 1.67 bits per heavy atom. The van der Waals surface area contributed by atoms with Crippen LogP contribution in [0.25, 0.3) is 5.69 Å². The Balaban J connectivity index is 2.10. The molecule has 10 heteroatoms. The van der Waals surface area contributed by atoms with Gasteiger partial charge in [-0.2, -0.15) is 18.3 Å². The van der Waals surface area contributed by atoms with Gasteiger partial charge in [0.1, 0.15) is 15.8 Å². The van der Waals surface area contributed by atoms with Gasteiger partial charge in [0.2, 0.25) is 0 Å². The Hall–Kier alpha value is -0.820. The highest BCUT2D eigenvalue weighted by Gasteiger charge is 2.65. The zero-order valence-electron chi connectivity index (χ0n) is 12.1. The fourth-order valence-electron chi connectivity index (χ4n) is 2.45. The highest BCUT2D eigenvalue weighted by molar-refractivity contribution is 6.52. The van der Waals surface area contributed by atoms with Crippen LogP contribution in [0.4, 0.5) is 19.0 Å². The molecule has 1 atom stereocenters. The van der Waals surface area contributed by atoms with Crippen LogP contribution in [-0.4, -0.2) is 14.1 Å². The predicted octanol–water partition coefficient (Wildman–Crippen LogP) is 5.62. The summed E-state index contributed by atoms with van der Waals surface area (Å²) in [5, 5.41) is 3.85. The average molecular weight is 419 g/mol. The van der Waals surface area contributed by atoms with Gasteiger partial charge in [-0.25, -0.2) is 4.68 Å². The van der Waals surface area contributed by atoms with Crippen molar-refractivity contribution in [3.05, 3.63) is 39.5 Å². The molecular formula is C14H10Cl4F3N3. The van der Waals surface area contributed by atoms with Gasteiger partial charge in [0.25, 0.3) is 0 Å². The molecule has 0 saturated heterocycles. The number of rotatable bonds is 2. The van der Waals surface area contributed by atoms with Gasteiger partial charge >= 0.3 is 6.18 Å². The van der Waals surface area contributed by atoms with Crippen LogP contribution in [0, 0.1) is 0 Å². The Labute approximate surface area is 155 Å². The molecule has 24 heavy (non-hydrogen) atoms. The summed E-state index contributed by atoms with van der Waals surface area (Å²) in [5.41, 5.74) is 4.94. The molecular weight excluding hydrogens is 409 g/mol. The molecule has 0 spiro atoms. The third-order valence-corrected chi connectivity index (χ3v) is 5.79. The maximum absolute atomic E-state index is 12.8. The third-order valence-electron chi connectivity index (χ3n) is 4.12. The lowest BCUT2D eigenvalue weighted by Crippen LogP contribution is -2.12. The highest BCUT2D eigenvalue weighted by Crippen LogP contribution is 2.64. The summed E-state index contributed by atoms with van der Waals surface area (Å²) in [4.78, 5) is 0. The van der Waals surface area contributed by atoms with Gasteiger partial charge in [-0.1, -0.05) is 30.1 Å². The summed E-state index contributed by atoms with van der Waals surface area (Å²) in [6.07, 6.45) is -4.08. The molecule has 1 heterocycles. The second-order valence-corrected chi connectivity index (χ2v) is 8.16. The van der Waals surface area contributed by atoms with E-state index in [0.717, 1.165) is 12.1 Å². The van der Waals surface area contributed by atoms with Crippen molar-refractivity contribution in [1.29, 1.82) is 0 Å². The van der Waals surface area contributed by atoms with Crippen LogP contribution in [0.15, 0.2) is 18.2 Å². The normalized spacial score (nSPS) is 22.7. The third kappa shape index (κ3) is 2.73. The van der Waals surface area contributed by atoms with E-state index in [1.54, 1.807) is 6.07 Å². The summed E-state index contributed by atoms with van der Waals surface area (Å²) in [6.45, 7) is 1.81. The van der Waals surface area contributed by atoms with Crippen LogP contribution in [0.1, 0.15) is 24.6 Å². The molecule has 1 aliphatic carbocycles. The Bertz CT molecular complexity index is 808. The minimum atomic E-state index is -4.56. The zero-order chi connectivity index (χ0) is 18.1. The fraction of sp³-hybridized carbons (Fsp3) is 0.357. The molecule has 1 saturated carbocycles. The van der Waals surface area contributed by atoms with Crippen molar-refractivity contribution in [1.82, 2.24) is 9.78 Å².